The molecule has 422 valence electrons. The molecule has 0 aromatic heterocycles. The van der Waals surface area contributed by atoms with E-state index in [1.165, 1.54) is 0 Å². The van der Waals surface area contributed by atoms with Crippen LogP contribution in [0.15, 0.2) is 91.0 Å². The highest BCUT2D eigenvalue weighted by Crippen LogP contribution is 2.70. The van der Waals surface area contributed by atoms with Crippen LogP contribution in [0.25, 0.3) is 11.1 Å². The third-order valence-electron chi connectivity index (χ3n) is 11.8. The molecular formula is C41H22F26O8S. The summed E-state index contributed by atoms with van der Waals surface area (Å²) in [6.45, 7) is -0.703. The first-order valence-corrected chi connectivity index (χ1v) is 21.0. The molecule has 0 radical (unpaired) electrons. The highest BCUT2D eigenvalue weighted by atomic mass is 32.2. The minimum absolute atomic E-state index is 0.0471. The largest absolute Gasteiger partial charge is 0.497 e. The Balaban J connectivity index is 1.37. The van der Waals surface area contributed by atoms with Crippen molar-refractivity contribution < 1.29 is 151 Å². The first-order valence-electron chi connectivity index (χ1n) is 19.6. The maximum Gasteiger partial charge on any atom is 0.460 e. The molecule has 8 nitrogen and oxygen atoms in total. The van der Waals surface area contributed by atoms with E-state index < -0.39 is 162 Å². The van der Waals surface area contributed by atoms with Crippen molar-refractivity contribution in [3.05, 3.63) is 108 Å². The molecule has 0 amide bonds. The predicted octanol–water partition coefficient (Wildman–Crippen LogP) is 13.7. The highest BCUT2D eigenvalue weighted by molar-refractivity contribution is 7.87. The summed E-state index contributed by atoms with van der Waals surface area (Å²) in [6.07, 6.45) is -27.5. The second-order valence-corrected chi connectivity index (χ2v) is 17.8. The van der Waals surface area contributed by atoms with Gasteiger partial charge in [-0.1, -0.05) is 42.5 Å². The van der Waals surface area contributed by atoms with E-state index in [1.807, 2.05) is 0 Å². The van der Waals surface area contributed by atoms with Crippen LogP contribution in [0.1, 0.15) is 23.6 Å². The standard InChI is InChI=1S/C41H22F26O8S/c1-27(42)30(45,46)31(47,48)34(27,53)74-26-16-5-19(17-25(26)29(43,44)39(62,63)75-40(64,65)41(66,67)76(68,69)70)18-3-10-23(11-4-18)72-35(54)32(49,50)33(51,52)36(35,55)73-24-14-8-21(9-15-24)28(37(56,57)58,38(59,60)61)20-6-12-22(71-2)13-7-20/h3-17H,1-2H3,(H,68,69,70). The third-order valence-corrected chi connectivity index (χ3v) is 12.7. The zero-order valence-corrected chi connectivity index (χ0v) is 37.0. The Morgan fingerprint density at radius 3 is 1.20 bits per heavy atom. The predicted molar refractivity (Wildman–Crippen MR) is 198 cm³/mol. The molecule has 35 heteroatoms. The van der Waals surface area contributed by atoms with Gasteiger partial charge in [0.25, 0.3) is 5.67 Å². The quantitative estimate of drug-likeness (QED) is 0.0875. The Hall–Kier alpha value is -5.87. The number of halogens is 26. The molecule has 0 spiro atoms. The molecular weight excluding hydrogens is 1150 g/mol. The topological polar surface area (TPSA) is 101 Å². The summed E-state index contributed by atoms with van der Waals surface area (Å²) in [5.41, 5.74) is -19.1. The number of ether oxygens (including phenoxy) is 5. The van der Waals surface area contributed by atoms with Crippen LogP contribution < -0.4 is 18.9 Å². The van der Waals surface area contributed by atoms with Crippen LogP contribution in [0.4, 0.5) is 114 Å². The molecule has 0 heterocycles. The van der Waals surface area contributed by atoms with Crippen molar-refractivity contribution in [1.82, 2.24) is 0 Å². The molecule has 4 aromatic rings. The Morgan fingerprint density at radius 2 is 0.829 bits per heavy atom. The summed E-state index contributed by atoms with van der Waals surface area (Å²) in [5.74, 6) is -56.2. The normalized spacial score (nSPS) is 25.7. The van der Waals surface area contributed by atoms with Crippen molar-refractivity contribution in [3.8, 4) is 34.1 Å². The smallest absolute Gasteiger partial charge is 0.460 e. The summed E-state index contributed by atoms with van der Waals surface area (Å²) in [6, 6.07) is 0.876. The van der Waals surface area contributed by atoms with Gasteiger partial charge in [-0.15, -0.1) is 0 Å². The van der Waals surface area contributed by atoms with E-state index in [0.717, 1.165) is 7.11 Å². The van der Waals surface area contributed by atoms with Gasteiger partial charge in [0.2, 0.25) is 5.41 Å². The van der Waals surface area contributed by atoms with Crippen LogP contribution in [0, 0.1) is 0 Å². The zero-order chi connectivity index (χ0) is 58.3. The molecule has 0 aliphatic heterocycles. The molecule has 0 saturated heterocycles. The van der Waals surface area contributed by atoms with Crippen LogP contribution >= 0.6 is 0 Å². The summed E-state index contributed by atoms with van der Waals surface area (Å²) in [7, 11) is -6.60. The van der Waals surface area contributed by atoms with Crippen molar-refractivity contribution in [2.45, 2.75) is 95.0 Å². The number of rotatable bonds is 16. The first kappa shape index (κ1) is 59.4. The highest BCUT2D eigenvalue weighted by Gasteiger charge is 3.03. The second kappa shape index (κ2) is 17.1. The van der Waals surface area contributed by atoms with Crippen LogP contribution in [-0.4, -0.2) is 96.8 Å². The molecule has 2 saturated carbocycles. The number of hydrogen-bond acceptors (Lipinski definition) is 7. The molecule has 0 bridgehead atoms. The van der Waals surface area contributed by atoms with E-state index in [4.69, 9.17) is 9.29 Å². The Morgan fingerprint density at radius 1 is 0.461 bits per heavy atom. The van der Waals surface area contributed by atoms with Crippen molar-refractivity contribution in [2.24, 2.45) is 0 Å². The van der Waals surface area contributed by atoms with Gasteiger partial charge in [-0.3, -0.25) is 4.55 Å². The SMILES string of the molecule is COc1ccc(C(c2ccc(OC3(F)C(F)(F)C(F)(F)C3(F)Oc3ccc(-c4ccc(OC5(F)C(C)(F)C(F)(F)C5(F)F)c(C(F)(F)C(F)(F)OC(F)(F)C(F)(F)S(=O)(=O)O)c4)cc3)cc2)(C(F)(F)F)C(F)(F)F)cc1. The maximum atomic E-state index is 16.1. The van der Waals surface area contributed by atoms with Gasteiger partial charge in [0, 0.05) is 0 Å². The van der Waals surface area contributed by atoms with Crippen molar-refractivity contribution in [1.29, 1.82) is 0 Å². The van der Waals surface area contributed by atoms with Gasteiger partial charge in [0.1, 0.15) is 23.0 Å². The van der Waals surface area contributed by atoms with Gasteiger partial charge in [-0.25, -0.2) is 9.13 Å². The van der Waals surface area contributed by atoms with Gasteiger partial charge in [0.15, 0.2) is 0 Å². The molecule has 4 atom stereocenters. The minimum Gasteiger partial charge on any atom is -0.497 e. The summed E-state index contributed by atoms with van der Waals surface area (Å²) < 4.78 is 431. The van der Waals surface area contributed by atoms with E-state index >= 15 is 22.0 Å². The fourth-order valence-corrected chi connectivity index (χ4v) is 7.86. The van der Waals surface area contributed by atoms with Crippen LogP contribution in [-0.2, 0) is 26.2 Å². The van der Waals surface area contributed by atoms with Gasteiger partial charge >= 0.3 is 87.1 Å². The summed E-state index contributed by atoms with van der Waals surface area (Å²) in [4.78, 5) is 0. The lowest BCUT2D eigenvalue weighted by Gasteiger charge is -2.55. The maximum absolute atomic E-state index is 16.1. The van der Waals surface area contributed by atoms with Crippen molar-refractivity contribution in [3.63, 3.8) is 0 Å². The van der Waals surface area contributed by atoms with Crippen molar-refractivity contribution >= 4 is 10.1 Å². The summed E-state index contributed by atoms with van der Waals surface area (Å²) in [5, 5.41) is -7.26. The Bertz CT molecular complexity index is 2930. The molecule has 2 fully saturated rings. The van der Waals surface area contributed by atoms with E-state index in [0.29, 0.717) is 24.3 Å². The number of alkyl halides is 26. The molecule has 4 aromatic carbocycles. The lowest BCUT2D eigenvalue weighted by Crippen LogP contribution is -2.89. The minimum atomic E-state index is -7.58. The third kappa shape index (κ3) is 7.74. The molecule has 1 N–H and O–H groups in total. The summed E-state index contributed by atoms with van der Waals surface area (Å²) >= 11 is 0. The van der Waals surface area contributed by atoms with E-state index in [-0.39, 0.29) is 60.3 Å². The number of methoxy groups -OCH3 is 1. The van der Waals surface area contributed by atoms with Crippen LogP contribution in [0.5, 0.6) is 23.0 Å². The monoisotopic (exact) mass is 1170 g/mol. The Labute approximate surface area is 404 Å². The zero-order valence-electron chi connectivity index (χ0n) is 36.2. The van der Waals surface area contributed by atoms with E-state index in [9.17, 15) is 101 Å². The van der Waals surface area contributed by atoms with E-state index in [2.05, 4.69) is 18.9 Å². The van der Waals surface area contributed by atoms with Gasteiger partial charge in [0.05, 0.1) is 12.7 Å². The number of hydrogen-bond donors (Lipinski definition) is 1. The molecule has 6 rings (SSSR count). The first-order chi connectivity index (χ1) is 33.9. The van der Waals surface area contributed by atoms with Gasteiger partial charge in [-0.2, -0.15) is 118 Å². The number of benzene rings is 4. The van der Waals surface area contributed by atoms with Gasteiger partial charge in [-0.05, 0) is 77.7 Å². The average molecular weight is 1170 g/mol. The molecule has 2 aliphatic carbocycles. The van der Waals surface area contributed by atoms with Gasteiger partial charge < -0.3 is 18.9 Å². The Kier molecular flexibility index (Phi) is 13.3. The lowest BCUT2D eigenvalue weighted by atomic mass is 9.69. The average Bonchev–Trinajstić information content (AvgIpc) is 3.27. The fourth-order valence-electron chi connectivity index (χ4n) is 7.52. The van der Waals surface area contributed by atoms with Crippen LogP contribution in [0.2, 0.25) is 0 Å². The van der Waals surface area contributed by atoms with Crippen molar-refractivity contribution in [2.75, 3.05) is 7.11 Å². The fraction of sp³-hybridized carbons (Fsp3) is 0.415. The molecule has 76 heavy (non-hydrogen) atoms. The molecule has 2 aliphatic rings. The van der Waals surface area contributed by atoms with Crippen LogP contribution in [0.3, 0.4) is 0 Å². The lowest BCUT2D eigenvalue weighted by molar-refractivity contribution is -0.527. The second-order valence-electron chi connectivity index (χ2n) is 16.3. The molecule has 4 unspecified atom stereocenters. The van der Waals surface area contributed by atoms with E-state index in [1.54, 1.807) is 0 Å².